The predicted octanol–water partition coefficient (Wildman–Crippen LogP) is 2.36. The normalized spacial score (nSPS) is 11.7. The average Bonchev–Trinajstić information content (AvgIpc) is 2.61. The van der Waals surface area contributed by atoms with E-state index in [1.54, 1.807) is 18.9 Å². The first-order valence-electron chi connectivity index (χ1n) is 8.44. The summed E-state index contributed by atoms with van der Waals surface area (Å²) in [5, 5.41) is 0. The summed E-state index contributed by atoms with van der Waals surface area (Å²) in [4.78, 5) is 25.8. The Bertz CT molecular complexity index is 573. The summed E-state index contributed by atoms with van der Waals surface area (Å²) in [5.41, 5.74) is 2.13. The van der Waals surface area contributed by atoms with Crippen LogP contribution in [-0.2, 0) is 19.1 Å². The number of nitrogens with zero attached hydrogens (tertiary/aromatic N) is 1. The lowest BCUT2D eigenvalue weighted by atomic mass is 10.1. The molecule has 0 saturated carbocycles. The van der Waals surface area contributed by atoms with E-state index in [1.807, 2.05) is 32.0 Å². The van der Waals surface area contributed by atoms with Crippen LogP contribution < -0.4 is 4.74 Å². The highest BCUT2D eigenvalue weighted by atomic mass is 16.5. The number of benzene rings is 1. The van der Waals surface area contributed by atoms with E-state index in [4.69, 9.17) is 14.2 Å². The lowest BCUT2D eigenvalue weighted by Crippen LogP contribution is -2.40. The second-order valence-electron chi connectivity index (χ2n) is 6.10. The summed E-state index contributed by atoms with van der Waals surface area (Å²) in [6.45, 7) is 6.99. The highest BCUT2D eigenvalue weighted by Gasteiger charge is 2.22. The van der Waals surface area contributed by atoms with E-state index in [0.717, 1.165) is 11.1 Å². The van der Waals surface area contributed by atoms with Gasteiger partial charge >= 0.3 is 5.97 Å². The van der Waals surface area contributed by atoms with E-state index in [9.17, 15) is 9.59 Å². The molecule has 0 aliphatic heterocycles. The minimum Gasteiger partial charge on any atom is -0.483 e. The fourth-order valence-corrected chi connectivity index (χ4v) is 2.44. The number of carbonyl (C=O) groups excluding carboxylic acids is 2. The van der Waals surface area contributed by atoms with Crippen molar-refractivity contribution in [3.63, 3.8) is 0 Å². The van der Waals surface area contributed by atoms with E-state index >= 15 is 0 Å². The minimum absolute atomic E-state index is 0.0643. The number of hydrogen-bond donors (Lipinski definition) is 0. The second kappa shape index (κ2) is 10.7. The van der Waals surface area contributed by atoms with Gasteiger partial charge in [0.25, 0.3) is 5.91 Å². The zero-order valence-electron chi connectivity index (χ0n) is 15.8. The van der Waals surface area contributed by atoms with Gasteiger partial charge in [-0.1, -0.05) is 19.1 Å². The average molecular weight is 351 g/mol. The fourth-order valence-electron chi connectivity index (χ4n) is 2.44. The third-order valence-corrected chi connectivity index (χ3v) is 4.13. The van der Waals surface area contributed by atoms with E-state index < -0.39 is 5.92 Å². The third-order valence-electron chi connectivity index (χ3n) is 4.13. The zero-order chi connectivity index (χ0) is 18.8. The Morgan fingerprint density at radius 1 is 1.20 bits per heavy atom. The molecule has 0 fully saturated rings. The van der Waals surface area contributed by atoms with Gasteiger partial charge < -0.3 is 19.1 Å². The molecule has 140 valence electrons. The van der Waals surface area contributed by atoms with Gasteiger partial charge in [-0.25, -0.2) is 0 Å². The van der Waals surface area contributed by atoms with E-state index in [2.05, 4.69) is 0 Å². The lowest BCUT2D eigenvalue weighted by Gasteiger charge is -2.25. The molecule has 1 amide bonds. The standard InChI is InChI=1S/C19H29NO5/c1-14-8-6-9-17(16(14)3)25-13-18(21)20(10-7-11-23-4)12-15(2)19(22)24-5/h6,8-9,15H,7,10-13H2,1-5H3. The van der Waals surface area contributed by atoms with Crippen molar-refractivity contribution in [3.05, 3.63) is 29.3 Å². The van der Waals surface area contributed by atoms with Crippen LogP contribution in [0.15, 0.2) is 18.2 Å². The van der Waals surface area contributed by atoms with Crippen molar-refractivity contribution < 1.29 is 23.8 Å². The maximum atomic E-state index is 12.6. The molecule has 1 rings (SSSR count). The van der Waals surface area contributed by atoms with Crippen LogP contribution in [0.25, 0.3) is 0 Å². The molecular formula is C19H29NO5. The largest absolute Gasteiger partial charge is 0.483 e. The summed E-state index contributed by atoms with van der Waals surface area (Å²) in [7, 11) is 2.96. The fraction of sp³-hybridized carbons (Fsp3) is 0.579. The van der Waals surface area contributed by atoms with Crippen LogP contribution in [0.5, 0.6) is 5.75 Å². The lowest BCUT2D eigenvalue weighted by molar-refractivity contribution is -0.146. The first-order chi connectivity index (χ1) is 11.9. The molecular weight excluding hydrogens is 322 g/mol. The van der Waals surface area contributed by atoms with Crippen LogP contribution >= 0.6 is 0 Å². The Kier molecular flexibility index (Phi) is 8.99. The molecule has 0 aromatic heterocycles. The molecule has 1 aromatic carbocycles. The van der Waals surface area contributed by atoms with E-state index in [1.165, 1.54) is 7.11 Å². The highest BCUT2D eigenvalue weighted by Crippen LogP contribution is 2.20. The van der Waals surface area contributed by atoms with E-state index in [-0.39, 0.29) is 18.5 Å². The Hall–Kier alpha value is -2.08. The molecule has 6 nitrogen and oxygen atoms in total. The van der Waals surface area contributed by atoms with E-state index in [0.29, 0.717) is 31.9 Å². The molecule has 0 spiro atoms. The van der Waals surface area contributed by atoms with Crippen LogP contribution in [0.1, 0.15) is 24.5 Å². The molecule has 1 aromatic rings. The third kappa shape index (κ3) is 6.74. The van der Waals surface area contributed by atoms with Gasteiger partial charge in [-0.2, -0.15) is 0 Å². The molecule has 0 aliphatic rings. The van der Waals surface area contributed by atoms with Crippen LogP contribution in [-0.4, -0.2) is 57.3 Å². The van der Waals surface area contributed by atoms with Crippen LogP contribution in [0.3, 0.4) is 0 Å². The Balaban J connectivity index is 2.70. The van der Waals surface area contributed by atoms with Gasteiger partial charge in [-0.15, -0.1) is 0 Å². The first kappa shape index (κ1) is 21.0. The maximum absolute atomic E-state index is 12.6. The van der Waals surface area contributed by atoms with Gasteiger partial charge in [-0.3, -0.25) is 9.59 Å². The summed E-state index contributed by atoms with van der Waals surface area (Å²) in [6, 6.07) is 5.75. The Morgan fingerprint density at radius 3 is 2.56 bits per heavy atom. The molecule has 1 atom stereocenters. The smallest absolute Gasteiger partial charge is 0.310 e. The van der Waals surface area contributed by atoms with Crippen molar-refractivity contribution in [3.8, 4) is 5.75 Å². The molecule has 1 unspecified atom stereocenters. The van der Waals surface area contributed by atoms with Gasteiger partial charge in [-0.05, 0) is 37.5 Å². The number of carbonyl (C=O) groups is 2. The van der Waals surface area contributed by atoms with Crippen molar-refractivity contribution >= 4 is 11.9 Å². The number of ether oxygens (including phenoxy) is 3. The molecule has 0 saturated heterocycles. The van der Waals surface area contributed by atoms with Gasteiger partial charge in [0.15, 0.2) is 6.61 Å². The highest BCUT2D eigenvalue weighted by molar-refractivity contribution is 5.79. The Morgan fingerprint density at radius 2 is 1.92 bits per heavy atom. The van der Waals surface area contributed by atoms with Crippen molar-refractivity contribution in [1.82, 2.24) is 4.90 Å². The first-order valence-corrected chi connectivity index (χ1v) is 8.44. The number of aryl methyl sites for hydroxylation is 1. The molecule has 25 heavy (non-hydrogen) atoms. The topological polar surface area (TPSA) is 65.1 Å². The van der Waals surface area contributed by atoms with Gasteiger partial charge in [0.2, 0.25) is 0 Å². The number of hydrogen-bond acceptors (Lipinski definition) is 5. The molecule has 0 aliphatic carbocycles. The maximum Gasteiger partial charge on any atom is 0.310 e. The zero-order valence-corrected chi connectivity index (χ0v) is 15.8. The molecule has 0 N–H and O–H groups in total. The summed E-state index contributed by atoms with van der Waals surface area (Å²) in [6.07, 6.45) is 0.694. The quantitative estimate of drug-likeness (QED) is 0.478. The van der Waals surface area contributed by atoms with Crippen molar-refractivity contribution in [1.29, 1.82) is 0 Å². The van der Waals surface area contributed by atoms with Gasteiger partial charge in [0.05, 0.1) is 13.0 Å². The summed E-state index contributed by atoms with van der Waals surface area (Å²) >= 11 is 0. The molecule has 6 heteroatoms. The number of esters is 1. The summed E-state index contributed by atoms with van der Waals surface area (Å²) in [5.74, 6) is -0.184. The molecule has 0 bridgehead atoms. The number of methoxy groups -OCH3 is 2. The Labute approximate surface area is 150 Å². The minimum atomic E-state index is -0.391. The van der Waals surface area contributed by atoms with Crippen LogP contribution in [0.2, 0.25) is 0 Å². The van der Waals surface area contributed by atoms with Crippen molar-refractivity contribution in [2.24, 2.45) is 5.92 Å². The van der Waals surface area contributed by atoms with Gasteiger partial charge in [0, 0.05) is 26.8 Å². The molecule has 0 radical (unpaired) electrons. The van der Waals surface area contributed by atoms with Crippen LogP contribution in [0, 0.1) is 19.8 Å². The number of rotatable bonds is 10. The van der Waals surface area contributed by atoms with Crippen molar-refractivity contribution in [2.45, 2.75) is 27.2 Å². The monoisotopic (exact) mass is 351 g/mol. The number of amides is 1. The van der Waals surface area contributed by atoms with Crippen molar-refractivity contribution in [2.75, 3.05) is 40.5 Å². The molecule has 0 heterocycles. The summed E-state index contributed by atoms with van der Waals surface area (Å²) < 4.78 is 15.5. The second-order valence-corrected chi connectivity index (χ2v) is 6.10. The predicted molar refractivity (Wildman–Crippen MR) is 95.7 cm³/mol. The van der Waals surface area contributed by atoms with Gasteiger partial charge in [0.1, 0.15) is 5.75 Å². The van der Waals surface area contributed by atoms with Crippen LogP contribution in [0.4, 0.5) is 0 Å². The SMILES string of the molecule is COCCCN(CC(C)C(=O)OC)C(=O)COc1cccc(C)c1C.